The van der Waals surface area contributed by atoms with Gasteiger partial charge in [-0.2, -0.15) is 8.78 Å². The van der Waals surface area contributed by atoms with E-state index >= 15 is 0 Å². The van der Waals surface area contributed by atoms with Gasteiger partial charge in [-0.1, -0.05) is 6.92 Å². The van der Waals surface area contributed by atoms with Crippen LogP contribution >= 0.6 is 0 Å². The molecule has 0 saturated carbocycles. The third kappa shape index (κ3) is 3.25. The topological polar surface area (TPSA) is 57.2 Å². The van der Waals surface area contributed by atoms with Gasteiger partial charge in [0, 0.05) is 6.42 Å². The zero-order valence-corrected chi connectivity index (χ0v) is 8.41. The molecular weight excluding hydrogens is 177 g/mol. The Kier molecular flexibility index (Phi) is 5.30. The summed E-state index contributed by atoms with van der Waals surface area (Å²) in [5.41, 5.74) is 0. The van der Waals surface area contributed by atoms with Crippen molar-refractivity contribution in [3.63, 3.8) is 0 Å². The molecule has 0 aromatic heterocycles. The van der Waals surface area contributed by atoms with Crippen LogP contribution in [0.5, 0.6) is 0 Å². The smallest absolute Gasteiger partial charge is 0.743 e. The van der Waals surface area contributed by atoms with E-state index in [1.165, 1.54) is 0 Å². The molecule has 0 heterocycles. The number of halogens is 2. The van der Waals surface area contributed by atoms with Crippen LogP contribution in [0.3, 0.4) is 0 Å². The van der Waals surface area contributed by atoms with Crippen molar-refractivity contribution in [3.05, 3.63) is 0 Å². The predicted octanol–water partition coefficient (Wildman–Crippen LogP) is -2.46. The number of rotatable bonds is 2. The first kappa shape index (κ1) is 13.4. The molecule has 0 aromatic rings. The van der Waals surface area contributed by atoms with Gasteiger partial charge in [-0.3, -0.25) is 0 Å². The quantitative estimate of drug-likeness (QED) is 0.351. The van der Waals surface area contributed by atoms with E-state index in [4.69, 9.17) is 0 Å². The van der Waals surface area contributed by atoms with Gasteiger partial charge in [0.25, 0.3) is 0 Å². The zero-order valence-electron chi connectivity index (χ0n) is 5.60. The monoisotopic (exact) mass is 182 g/mol. The van der Waals surface area contributed by atoms with E-state index < -0.39 is 21.8 Å². The molecule has 0 unspecified atom stereocenters. The molecule has 0 fully saturated rings. The van der Waals surface area contributed by atoms with Crippen molar-refractivity contribution in [1.29, 1.82) is 0 Å². The Labute approximate surface area is 79.8 Å². The number of alkyl halides is 2. The van der Waals surface area contributed by atoms with Crippen LogP contribution in [0.25, 0.3) is 0 Å². The Morgan fingerprint density at radius 2 is 1.80 bits per heavy atom. The third-order valence-corrected chi connectivity index (χ3v) is 1.80. The van der Waals surface area contributed by atoms with Gasteiger partial charge < -0.3 is 4.55 Å². The van der Waals surface area contributed by atoms with Crippen LogP contribution in [-0.4, -0.2) is 18.2 Å². The largest absolute Gasteiger partial charge is 1.00 e. The van der Waals surface area contributed by atoms with Gasteiger partial charge in [-0.15, -0.1) is 0 Å². The Morgan fingerprint density at radius 3 is 1.80 bits per heavy atom. The second kappa shape index (κ2) is 3.96. The second-order valence-electron chi connectivity index (χ2n) is 1.45. The summed E-state index contributed by atoms with van der Waals surface area (Å²) in [6.07, 6.45) is -0.973. The minimum atomic E-state index is -5.44. The van der Waals surface area contributed by atoms with Gasteiger partial charge in [-0.25, -0.2) is 8.42 Å². The maximum atomic E-state index is 11.8. The summed E-state index contributed by atoms with van der Waals surface area (Å²) in [7, 11) is -5.44. The maximum absolute atomic E-state index is 11.8. The summed E-state index contributed by atoms with van der Waals surface area (Å²) < 4.78 is 52.3. The van der Waals surface area contributed by atoms with Gasteiger partial charge >= 0.3 is 34.8 Å². The van der Waals surface area contributed by atoms with E-state index in [0.717, 1.165) is 6.92 Å². The molecule has 0 spiro atoms. The molecule has 0 bridgehead atoms. The van der Waals surface area contributed by atoms with E-state index in [9.17, 15) is 21.8 Å². The maximum Gasteiger partial charge on any atom is 1.00 e. The Morgan fingerprint density at radius 1 is 1.50 bits per heavy atom. The number of hydrogen-bond donors (Lipinski definition) is 0. The van der Waals surface area contributed by atoms with Crippen LogP contribution in [0.1, 0.15) is 13.3 Å². The van der Waals surface area contributed by atoms with E-state index in [2.05, 4.69) is 0 Å². The van der Waals surface area contributed by atoms with Gasteiger partial charge in [0.2, 0.25) is 0 Å². The molecule has 0 amide bonds. The minimum absolute atomic E-state index is 0. The second-order valence-corrected chi connectivity index (χ2v) is 2.95. The Bertz CT molecular complexity index is 188. The summed E-state index contributed by atoms with van der Waals surface area (Å²) in [5.74, 6) is 0. The van der Waals surface area contributed by atoms with Crippen LogP contribution in [0.15, 0.2) is 0 Å². The van der Waals surface area contributed by atoms with E-state index in [-0.39, 0.29) is 29.6 Å². The molecule has 0 aliphatic rings. The zero-order chi connectivity index (χ0) is 7.71. The molecular formula is C3H5F2NaO3S. The van der Waals surface area contributed by atoms with Crippen molar-refractivity contribution >= 4 is 10.1 Å². The van der Waals surface area contributed by atoms with Crippen LogP contribution in [0, 0.1) is 0 Å². The van der Waals surface area contributed by atoms with Crippen LogP contribution in [0.4, 0.5) is 8.78 Å². The fourth-order valence-electron chi connectivity index (χ4n) is 0.177. The molecule has 3 nitrogen and oxygen atoms in total. The molecule has 0 saturated heterocycles. The molecule has 0 aliphatic heterocycles. The summed E-state index contributed by atoms with van der Waals surface area (Å²) >= 11 is 0. The summed E-state index contributed by atoms with van der Waals surface area (Å²) in [6, 6.07) is 0. The normalized spacial score (nSPS) is 12.4. The average Bonchev–Trinajstić information content (AvgIpc) is 1.64. The standard InChI is InChI=1S/C3H6F2O3S.Na/c1-2-3(4,5)9(6,7)8;/h2H2,1H3,(H,6,7,8);/q;+1/p-1. The molecule has 0 rings (SSSR count). The first-order valence-corrected chi connectivity index (χ1v) is 3.55. The SMILES string of the molecule is CCC(F)(F)S(=O)(=O)[O-].[Na+]. The first-order valence-electron chi connectivity index (χ1n) is 2.14. The first-order chi connectivity index (χ1) is 3.81. The third-order valence-electron chi connectivity index (χ3n) is 0.777. The molecule has 0 aliphatic carbocycles. The number of hydrogen-bond acceptors (Lipinski definition) is 3. The summed E-state index contributed by atoms with van der Waals surface area (Å²) in [4.78, 5) is 0. The molecule has 0 radical (unpaired) electrons. The molecule has 56 valence electrons. The molecule has 7 heteroatoms. The van der Waals surface area contributed by atoms with Crippen molar-refractivity contribution in [2.45, 2.75) is 18.6 Å². The molecule has 10 heavy (non-hydrogen) atoms. The Balaban J connectivity index is 0. The van der Waals surface area contributed by atoms with E-state index in [0.29, 0.717) is 0 Å². The van der Waals surface area contributed by atoms with Gasteiger partial charge in [0.15, 0.2) is 10.1 Å². The van der Waals surface area contributed by atoms with Gasteiger partial charge in [0.1, 0.15) is 0 Å². The predicted molar refractivity (Wildman–Crippen MR) is 24.9 cm³/mol. The van der Waals surface area contributed by atoms with Crippen LogP contribution in [-0.2, 0) is 10.1 Å². The van der Waals surface area contributed by atoms with Crippen molar-refractivity contribution in [1.82, 2.24) is 0 Å². The van der Waals surface area contributed by atoms with Crippen molar-refractivity contribution < 1.29 is 51.3 Å². The van der Waals surface area contributed by atoms with Crippen LogP contribution in [0.2, 0.25) is 0 Å². The van der Waals surface area contributed by atoms with E-state index in [1.54, 1.807) is 0 Å². The van der Waals surface area contributed by atoms with Crippen molar-refractivity contribution in [2.24, 2.45) is 0 Å². The summed E-state index contributed by atoms with van der Waals surface area (Å²) in [5, 5.41) is -4.10. The van der Waals surface area contributed by atoms with Gasteiger partial charge in [-0.05, 0) is 0 Å². The molecule has 0 N–H and O–H groups in total. The summed E-state index contributed by atoms with van der Waals surface area (Å²) in [6.45, 7) is 0.926. The molecule has 0 atom stereocenters. The Hall–Kier alpha value is 0.770. The van der Waals surface area contributed by atoms with Crippen molar-refractivity contribution in [2.75, 3.05) is 0 Å². The van der Waals surface area contributed by atoms with Crippen molar-refractivity contribution in [3.8, 4) is 0 Å². The average molecular weight is 182 g/mol. The van der Waals surface area contributed by atoms with E-state index in [1.807, 2.05) is 0 Å². The fourth-order valence-corrected chi connectivity index (χ4v) is 0.530. The fraction of sp³-hybridized carbons (Fsp3) is 1.00. The molecule has 0 aromatic carbocycles. The van der Waals surface area contributed by atoms with Gasteiger partial charge in [0.05, 0.1) is 0 Å². The minimum Gasteiger partial charge on any atom is -0.743 e. The van der Waals surface area contributed by atoms with Crippen LogP contribution < -0.4 is 29.6 Å².